The lowest BCUT2D eigenvalue weighted by Gasteiger charge is -2.26. The van der Waals surface area contributed by atoms with Crippen LogP contribution in [0.15, 0.2) is 47.5 Å². The van der Waals surface area contributed by atoms with Gasteiger partial charge in [0, 0.05) is 38.5 Å². The number of hydrogen-bond acceptors (Lipinski definition) is 7. The number of hydrogen-bond donors (Lipinski definition) is 1. The van der Waals surface area contributed by atoms with Crippen LogP contribution in [0.3, 0.4) is 0 Å². The average molecular weight is 568 g/mol. The number of aromatic nitrogens is 2. The molecule has 0 atom stereocenters. The standard InChI is InChI=1S/C25H28ClF2N5O4S/c1-25(2,3)37-24(34)33(23-9-12-31(4)30-23)38(35,36)22-14-17(26)20(15-18(22)28)29-19-8-7-16(27)13-21(19)32-10-5-6-11-32/h7-9,12-15,29H,5-6,10-11H2,1-4H3. The first kappa shape index (κ1) is 27.6. The van der Waals surface area contributed by atoms with Crippen molar-refractivity contribution in [2.24, 2.45) is 7.05 Å². The highest BCUT2D eigenvalue weighted by molar-refractivity contribution is 7.93. The van der Waals surface area contributed by atoms with E-state index < -0.39 is 38.2 Å². The maximum absolute atomic E-state index is 15.4. The fraction of sp³-hybridized carbons (Fsp3) is 0.360. The molecule has 0 radical (unpaired) electrons. The van der Waals surface area contributed by atoms with E-state index in [9.17, 15) is 17.6 Å². The number of carbonyl (C=O) groups is 1. The van der Waals surface area contributed by atoms with Crippen molar-refractivity contribution in [1.82, 2.24) is 9.78 Å². The summed E-state index contributed by atoms with van der Waals surface area (Å²) in [5.74, 6) is -1.86. The number of benzene rings is 2. The number of nitrogens with zero attached hydrogens (tertiary/aromatic N) is 4. The summed E-state index contributed by atoms with van der Waals surface area (Å²) in [6.07, 6.45) is 2.10. The number of rotatable bonds is 6. The van der Waals surface area contributed by atoms with Crippen LogP contribution >= 0.6 is 11.6 Å². The summed E-state index contributed by atoms with van der Waals surface area (Å²) in [7, 11) is -3.31. The topological polar surface area (TPSA) is 96.8 Å². The second kappa shape index (κ2) is 10.4. The van der Waals surface area contributed by atoms with E-state index in [1.54, 1.807) is 20.8 Å². The summed E-state index contributed by atoms with van der Waals surface area (Å²) in [5, 5.41) is 6.85. The van der Waals surface area contributed by atoms with E-state index in [0.717, 1.165) is 38.1 Å². The van der Waals surface area contributed by atoms with Gasteiger partial charge in [0.05, 0.1) is 22.1 Å². The minimum Gasteiger partial charge on any atom is -0.443 e. The molecular weight excluding hydrogens is 540 g/mol. The average Bonchev–Trinajstić information content (AvgIpc) is 3.48. The van der Waals surface area contributed by atoms with Crippen LogP contribution in [0.2, 0.25) is 5.02 Å². The second-order valence-corrected chi connectivity index (χ2v) is 12.0. The number of nitrogens with one attached hydrogen (secondary N) is 1. The molecule has 0 aliphatic carbocycles. The highest BCUT2D eigenvalue weighted by Gasteiger charge is 2.38. The fourth-order valence-corrected chi connectivity index (χ4v) is 5.65. The molecule has 0 bridgehead atoms. The summed E-state index contributed by atoms with van der Waals surface area (Å²) in [6, 6.07) is 7.25. The van der Waals surface area contributed by atoms with Crippen molar-refractivity contribution in [3.63, 3.8) is 0 Å². The van der Waals surface area contributed by atoms with Gasteiger partial charge in [0.15, 0.2) is 5.82 Å². The Kier molecular flexibility index (Phi) is 7.57. The molecular formula is C25H28ClF2N5O4S. The van der Waals surface area contributed by atoms with E-state index in [-0.39, 0.29) is 16.5 Å². The number of carbonyl (C=O) groups excluding carboxylic acids is 1. The van der Waals surface area contributed by atoms with Crippen molar-refractivity contribution < 1.29 is 26.7 Å². The Hall–Kier alpha value is -3.38. The highest BCUT2D eigenvalue weighted by Crippen LogP contribution is 2.37. The maximum Gasteiger partial charge on any atom is 0.430 e. The zero-order chi connectivity index (χ0) is 27.8. The monoisotopic (exact) mass is 567 g/mol. The third-order valence-corrected chi connectivity index (χ3v) is 7.68. The predicted octanol–water partition coefficient (Wildman–Crippen LogP) is 5.83. The van der Waals surface area contributed by atoms with Crippen molar-refractivity contribution in [2.75, 3.05) is 27.6 Å². The van der Waals surface area contributed by atoms with Gasteiger partial charge < -0.3 is 15.0 Å². The van der Waals surface area contributed by atoms with E-state index >= 15 is 4.39 Å². The normalized spacial score (nSPS) is 14.0. The largest absolute Gasteiger partial charge is 0.443 e. The minimum absolute atomic E-state index is 0.0665. The Bertz CT molecular complexity index is 1470. The molecule has 13 heteroatoms. The molecule has 9 nitrogen and oxygen atoms in total. The predicted molar refractivity (Wildman–Crippen MR) is 142 cm³/mol. The van der Waals surface area contributed by atoms with Gasteiger partial charge in [-0.2, -0.15) is 5.10 Å². The molecule has 2 aromatic carbocycles. The van der Waals surface area contributed by atoms with Crippen molar-refractivity contribution in [1.29, 1.82) is 0 Å². The van der Waals surface area contributed by atoms with Gasteiger partial charge in [-0.1, -0.05) is 11.6 Å². The van der Waals surface area contributed by atoms with Crippen LogP contribution in [0.4, 0.5) is 36.5 Å². The van der Waals surface area contributed by atoms with Gasteiger partial charge in [-0.3, -0.25) is 4.68 Å². The zero-order valence-electron chi connectivity index (χ0n) is 21.3. The molecule has 2 heterocycles. The molecule has 0 unspecified atom stereocenters. The molecule has 1 saturated heterocycles. The van der Waals surface area contributed by atoms with Gasteiger partial charge in [-0.05, 0) is 57.9 Å². The first-order valence-electron chi connectivity index (χ1n) is 11.8. The molecule has 3 aromatic rings. The van der Waals surface area contributed by atoms with Crippen LogP contribution in [-0.2, 0) is 21.8 Å². The smallest absolute Gasteiger partial charge is 0.430 e. The number of sulfonamides is 1. The van der Waals surface area contributed by atoms with E-state index in [2.05, 4.69) is 10.4 Å². The van der Waals surface area contributed by atoms with Gasteiger partial charge in [0.1, 0.15) is 22.1 Å². The first-order chi connectivity index (χ1) is 17.8. The van der Waals surface area contributed by atoms with Gasteiger partial charge >= 0.3 is 6.09 Å². The highest BCUT2D eigenvalue weighted by atomic mass is 35.5. The van der Waals surface area contributed by atoms with Crippen molar-refractivity contribution in [3.8, 4) is 0 Å². The van der Waals surface area contributed by atoms with E-state index in [0.29, 0.717) is 15.7 Å². The number of halogens is 3. The van der Waals surface area contributed by atoms with E-state index in [1.807, 2.05) is 4.90 Å². The number of amides is 1. The summed E-state index contributed by atoms with van der Waals surface area (Å²) in [6.45, 7) is 6.19. The lowest BCUT2D eigenvalue weighted by molar-refractivity contribution is 0.0608. The van der Waals surface area contributed by atoms with Crippen molar-refractivity contribution in [2.45, 2.75) is 44.1 Å². The molecule has 0 saturated carbocycles. The van der Waals surface area contributed by atoms with Crippen LogP contribution in [0.25, 0.3) is 0 Å². The van der Waals surface area contributed by atoms with Crippen LogP contribution in [-0.4, -0.2) is 43.0 Å². The molecule has 38 heavy (non-hydrogen) atoms. The maximum atomic E-state index is 15.4. The molecule has 4 rings (SSSR count). The fourth-order valence-electron chi connectivity index (χ4n) is 4.02. The SMILES string of the molecule is Cn1ccc(N(C(=O)OC(C)(C)C)S(=O)(=O)c2cc(Cl)c(Nc3ccc(F)cc3N3CCCC3)cc2F)n1. The third-order valence-electron chi connectivity index (χ3n) is 5.68. The van der Waals surface area contributed by atoms with Gasteiger partial charge in [0.2, 0.25) is 0 Å². The Balaban J connectivity index is 1.73. The molecule has 1 aliphatic rings. The summed E-state index contributed by atoms with van der Waals surface area (Å²) < 4.78 is 63.5. The van der Waals surface area contributed by atoms with Crippen LogP contribution in [0, 0.1) is 11.6 Å². The molecule has 1 amide bonds. The third kappa shape index (κ3) is 5.86. The zero-order valence-corrected chi connectivity index (χ0v) is 22.9. The molecule has 1 fully saturated rings. The van der Waals surface area contributed by atoms with Gasteiger partial charge in [-0.25, -0.2) is 22.0 Å². The minimum atomic E-state index is -4.84. The number of ether oxygens (including phenoxy) is 1. The van der Waals surface area contributed by atoms with Crippen molar-refractivity contribution in [3.05, 3.63) is 59.3 Å². The lowest BCUT2D eigenvalue weighted by Crippen LogP contribution is -2.41. The second-order valence-electron chi connectivity index (χ2n) is 9.84. The molecule has 1 aromatic heterocycles. The Morgan fingerprint density at radius 1 is 1.11 bits per heavy atom. The lowest BCUT2D eigenvalue weighted by atomic mass is 10.2. The molecule has 1 N–H and O–H groups in total. The summed E-state index contributed by atoms with van der Waals surface area (Å²) >= 11 is 6.41. The van der Waals surface area contributed by atoms with Gasteiger partial charge in [-0.15, -0.1) is 4.31 Å². The van der Waals surface area contributed by atoms with E-state index in [4.69, 9.17) is 16.3 Å². The van der Waals surface area contributed by atoms with Crippen LogP contribution < -0.4 is 14.5 Å². The Morgan fingerprint density at radius 3 is 2.39 bits per heavy atom. The van der Waals surface area contributed by atoms with E-state index in [1.165, 1.54) is 42.2 Å². The summed E-state index contributed by atoms with van der Waals surface area (Å²) in [4.78, 5) is 14.1. The van der Waals surface area contributed by atoms with Crippen LogP contribution in [0.5, 0.6) is 0 Å². The molecule has 1 aliphatic heterocycles. The molecule has 0 spiro atoms. The molecule has 204 valence electrons. The summed E-state index contributed by atoms with van der Waals surface area (Å²) in [5.41, 5.74) is 0.0963. The quantitative estimate of drug-likeness (QED) is 0.400. The van der Waals surface area contributed by atoms with Crippen molar-refractivity contribution >= 4 is 50.6 Å². The Labute approximate surface area is 225 Å². The Morgan fingerprint density at radius 2 is 1.79 bits per heavy atom. The number of aryl methyl sites for hydroxylation is 1. The number of anilines is 4. The van der Waals surface area contributed by atoms with Gasteiger partial charge in [0.25, 0.3) is 10.0 Å². The van der Waals surface area contributed by atoms with Crippen LogP contribution in [0.1, 0.15) is 33.6 Å². The first-order valence-corrected chi connectivity index (χ1v) is 13.7.